The van der Waals surface area contributed by atoms with Crippen LogP contribution in [0.15, 0.2) is 18.2 Å². The van der Waals surface area contributed by atoms with Crippen LogP contribution in [0.1, 0.15) is 32.6 Å². The van der Waals surface area contributed by atoms with Crippen LogP contribution in [0.4, 0.5) is 5.69 Å². The quantitative estimate of drug-likeness (QED) is 0.512. The van der Waals surface area contributed by atoms with E-state index in [-0.39, 0.29) is 17.7 Å². The molecule has 2 rings (SSSR count). The highest BCUT2D eigenvalue weighted by molar-refractivity contribution is 6.42. The molecule has 1 heterocycles. The maximum absolute atomic E-state index is 13.1. The topological polar surface area (TPSA) is 40.6 Å². The molecule has 1 aromatic rings. The van der Waals surface area contributed by atoms with E-state index in [2.05, 4.69) is 0 Å². The minimum Gasteiger partial charge on any atom is -0.343 e. The van der Waals surface area contributed by atoms with Crippen molar-refractivity contribution in [3.8, 4) is 0 Å². The predicted octanol–water partition coefficient (Wildman–Crippen LogP) is 4.60. The van der Waals surface area contributed by atoms with Gasteiger partial charge >= 0.3 is 0 Å². The summed E-state index contributed by atoms with van der Waals surface area (Å²) in [6.07, 6.45) is 3.04. The van der Waals surface area contributed by atoms with E-state index in [9.17, 15) is 9.59 Å². The van der Waals surface area contributed by atoms with Gasteiger partial charge in [0.25, 0.3) is 0 Å². The second-order valence-corrected chi connectivity index (χ2v) is 7.46. The van der Waals surface area contributed by atoms with Crippen LogP contribution in [-0.2, 0) is 9.59 Å². The molecule has 0 spiro atoms. The average Bonchev–Trinajstić information content (AvgIpc) is 2.61. The zero-order valence-corrected chi connectivity index (χ0v) is 16.6. The predicted molar refractivity (Wildman–Crippen MR) is 104 cm³/mol. The fraction of sp³-hybridized carbons (Fsp3) is 0.556. The summed E-state index contributed by atoms with van der Waals surface area (Å²) in [4.78, 5) is 28.1. The summed E-state index contributed by atoms with van der Waals surface area (Å²) in [5.41, 5.74) is 0.753. The van der Waals surface area contributed by atoms with E-state index >= 15 is 0 Å². The fourth-order valence-electron chi connectivity index (χ4n) is 3.05. The molecule has 0 saturated carbocycles. The molecule has 1 aromatic carbocycles. The standard InChI is InChI=1S/C18H23Cl3N2O2/c1-13(24)22-10-6-14(7-11-22)18(25)23(9-3-2-8-19)15-4-5-16(20)17(21)12-15/h4-5,12,14H,2-3,6-11H2,1H3. The van der Waals surface area contributed by atoms with Crippen molar-refractivity contribution >= 4 is 52.3 Å². The van der Waals surface area contributed by atoms with Crippen LogP contribution in [0, 0.1) is 5.92 Å². The molecule has 0 bridgehead atoms. The van der Waals surface area contributed by atoms with E-state index in [0.29, 0.717) is 48.4 Å². The highest BCUT2D eigenvalue weighted by atomic mass is 35.5. The van der Waals surface area contributed by atoms with Gasteiger partial charge in [-0.15, -0.1) is 11.6 Å². The van der Waals surface area contributed by atoms with Gasteiger partial charge in [0.05, 0.1) is 10.0 Å². The van der Waals surface area contributed by atoms with Crippen LogP contribution in [0.3, 0.4) is 0 Å². The number of hydrogen-bond acceptors (Lipinski definition) is 2. The first kappa shape index (κ1) is 20.3. The Morgan fingerprint density at radius 2 is 1.84 bits per heavy atom. The van der Waals surface area contributed by atoms with E-state index in [0.717, 1.165) is 18.5 Å². The number of benzene rings is 1. The van der Waals surface area contributed by atoms with Crippen LogP contribution in [-0.4, -0.2) is 42.2 Å². The van der Waals surface area contributed by atoms with Crippen molar-refractivity contribution in [1.29, 1.82) is 0 Å². The Hall–Kier alpha value is -0.970. The van der Waals surface area contributed by atoms with Gasteiger partial charge in [0, 0.05) is 44.0 Å². The summed E-state index contributed by atoms with van der Waals surface area (Å²) in [6.45, 7) is 3.41. The fourth-order valence-corrected chi connectivity index (χ4v) is 3.53. The summed E-state index contributed by atoms with van der Waals surface area (Å²) in [5.74, 6) is 0.631. The molecule has 1 aliphatic heterocycles. The minimum atomic E-state index is -0.0824. The summed E-state index contributed by atoms with van der Waals surface area (Å²) >= 11 is 17.9. The van der Waals surface area contributed by atoms with Gasteiger partial charge in [0.15, 0.2) is 0 Å². The molecule has 25 heavy (non-hydrogen) atoms. The second kappa shape index (κ2) is 9.65. The van der Waals surface area contributed by atoms with Crippen LogP contribution in [0.2, 0.25) is 10.0 Å². The zero-order valence-electron chi connectivity index (χ0n) is 14.3. The van der Waals surface area contributed by atoms with Crippen molar-refractivity contribution in [2.45, 2.75) is 32.6 Å². The van der Waals surface area contributed by atoms with E-state index in [1.54, 1.807) is 28.9 Å². The number of carbonyl (C=O) groups excluding carboxylic acids is 2. The van der Waals surface area contributed by atoms with Crippen LogP contribution < -0.4 is 4.90 Å². The van der Waals surface area contributed by atoms with Gasteiger partial charge in [-0.3, -0.25) is 9.59 Å². The number of unbranched alkanes of at least 4 members (excludes halogenated alkanes) is 1. The maximum Gasteiger partial charge on any atom is 0.230 e. The number of piperidine rings is 1. The van der Waals surface area contributed by atoms with Crippen LogP contribution in [0.25, 0.3) is 0 Å². The smallest absolute Gasteiger partial charge is 0.230 e. The normalized spacial score (nSPS) is 15.3. The largest absolute Gasteiger partial charge is 0.343 e. The molecule has 4 nitrogen and oxygen atoms in total. The Morgan fingerprint density at radius 3 is 2.40 bits per heavy atom. The van der Waals surface area contributed by atoms with E-state index < -0.39 is 0 Å². The number of carbonyl (C=O) groups is 2. The Balaban J connectivity index is 2.12. The number of halogens is 3. The van der Waals surface area contributed by atoms with Gasteiger partial charge in [0.2, 0.25) is 11.8 Å². The molecule has 1 saturated heterocycles. The minimum absolute atomic E-state index is 0.0642. The van der Waals surface area contributed by atoms with Gasteiger partial charge < -0.3 is 9.80 Å². The molecule has 1 aliphatic rings. The highest BCUT2D eigenvalue weighted by Gasteiger charge is 2.30. The SMILES string of the molecule is CC(=O)N1CCC(C(=O)N(CCCCCl)c2ccc(Cl)c(Cl)c2)CC1. The van der Waals surface area contributed by atoms with Crippen molar-refractivity contribution in [1.82, 2.24) is 4.90 Å². The summed E-state index contributed by atoms with van der Waals surface area (Å²) in [5, 5.41) is 0.897. The summed E-state index contributed by atoms with van der Waals surface area (Å²) in [7, 11) is 0. The van der Waals surface area contributed by atoms with Crippen molar-refractivity contribution in [2.75, 3.05) is 30.4 Å². The van der Waals surface area contributed by atoms with Crippen molar-refractivity contribution in [3.63, 3.8) is 0 Å². The van der Waals surface area contributed by atoms with Gasteiger partial charge in [-0.05, 0) is 43.9 Å². The first-order chi connectivity index (χ1) is 11.9. The van der Waals surface area contributed by atoms with Gasteiger partial charge in [-0.1, -0.05) is 23.2 Å². The Kier molecular flexibility index (Phi) is 7.85. The first-order valence-electron chi connectivity index (χ1n) is 8.52. The monoisotopic (exact) mass is 404 g/mol. The van der Waals surface area contributed by atoms with E-state index in [1.807, 2.05) is 6.07 Å². The second-order valence-electron chi connectivity index (χ2n) is 6.26. The lowest BCUT2D eigenvalue weighted by molar-refractivity contribution is -0.133. The summed E-state index contributed by atoms with van der Waals surface area (Å²) < 4.78 is 0. The first-order valence-corrected chi connectivity index (χ1v) is 9.81. The average molecular weight is 406 g/mol. The Bertz CT molecular complexity index is 616. The molecule has 0 unspecified atom stereocenters. The molecule has 1 fully saturated rings. The lowest BCUT2D eigenvalue weighted by atomic mass is 9.94. The third-order valence-electron chi connectivity index (χ3n) is 4.54. The van der Waals surface area contributed by atoms with Crippen molar-refractivity contribution < 1.29 is 9.59 Å². The lowest BCUT2D eigenvalue weighted by Gasteiger charge is -2.34. The summed E-state index contributed by atoms with van der Waals surface area (Å²) in [6, 6.07) is 5.25. The number of amides is 2. The van der Waals surface area contributed by atoms with Gasteiger partial charge in [-0.2, -0.15) is 0 Å². The highest BCUT2D eigenvalue weighted by Crippen LogP contribution is 2.30. The molecule has 2 amide bonds. The molecular formula is C18H23Cl3N2O2. The molecule has 0 atom stereocenters. The molecule has 0 N–H and O–H groups in total. The zero-order chi connectivity index (χ0) is 18.4. The van der Waals surface area contributed by atoms with Crippen molar-refractivity contribution in [2.24, 2.45) is 5.92 Å². The van der Waals surface area contributed by atoms with E-state index in [4.69, 9.17) is 34.8 Å². The van der Waals surface area contributed by atoms with Crippen molar-refractivity contribution in [3.05, 3.63) is 28.2 Å². The Labute approximate surface area is 164 Å². The van der Waals surface area contributed by atoms with Gasteiger partial charge in [-0.25, -0.2) is 0 Å². The number of rotatable bonds is 6. The molecule has 0 aromatic heterocycles. The van der Waals surface area contributed by atoms with Crippen LogP contribution >= 0.6 is 34.8 Å². The number of anilines is 1. The van der Waals surface area contributed by atoms with Crippen LogP contribution in [0.5, 0.6) is 0 Å². The van der Waals surface area contributed by atoms with Gasteiger partial charge in [0.1, 0.15) is 0 Å². The molecule has 7 heteroatoms. The molecule has 0 radical (unpaired) electrons. The molecule has 0 aliphatic carbocycles. The number of alkyl halides is 1. The maximum atomic E-state index is 13.1. The Morgan fingerprint density at radius 1 is 1.16 bits per heavy atom. The lowest BCUT2D eigenvalue weighted by Crippen LogP contribution is -2.44. The number of likely N-dealkylation sites (tertiary alicyclic amines) is 1. The van der Waals surface area contributed by atoms with E-state index in [1.165, 1.54) is 0 Å². The molecular weight excluding hydrogens is 383 g/mol. The third kappa shape index (κ3) is 5.50. The molecule has 138 valence electrons. The number of hydrogen-bond donors (Lipinski definition) is 0. The third-order valence-corrected chi connectivity index (χ3v) is 5.54. The number of nitrogens with zero attached hydrogens (tertiary/aromatic N) is 2.